The molecule has 6 nitrogen and oxygen atoms in total. The van der Waals surface area contributed by atoms with Gasteiger partial charge in [-0.2, -0.15) is 5.10 Å². The molecule has 8 heteroatoms. The number of hydrogen-bond donors (Lipinski definition) is 1. The number of hydrogen-bond acceptors (Lipinski definition) is 4. The van der Waals surface area contributed by atoms with E-state index >= 15 is 0 Å². The molecule has 1 aromatic rings. The Bertz CT molecular complexity index is 497. The summed E-state index contributed by atoms with van der Waals surface area (Å²) in [5.41, 5.74) is 0. The SMILES string of the molecule is CCC(C)NC(=O)Cn1cc(S(=O)(=O)Cl)cn1. The molecule has 0 bridgehead atoms. The fourth-order valence-electron chi connectivity index (χ4n) is 1.13. The van der Waals surface area contributed by atoms with Crippen LogP contribution in [0.4, 0.5) is 0 Å². The van der Waals surface area contributed by atoms with E-state index in [4.69, 9.17) is 10.7 Å². The first kappa shape index (κ1) is 14.0. The van der Waals surface area contributed by atoms with Crippen molar-refractivity contribution in [1.29, 1.82) is 0 Å². The third kappa shape index (κ3) is 4.35. The van der Waals surface area contributed by atoms with Crippen LogP contribution in [0.15, 0.2) is 17.3 Å². The van der Waals surface area contributed by atoms with Gasteiger partial charge in [0.1, 0.15) is 11.4 Å². The third-order valence-electron chi connectivity index (χ3n) is 2.22. The van der Waals surface area contributed by atoms with E-state index in [-0.39, 0.29) is 23.4 Å². The summed E-state index contributed by atoms with van der Waals surface area (Å²) in [6.45, 7) is 3.81. The molecule has 1 rings (SSSR count). The number of amides is 1. The van der Waals surface area contributed by atoms with Crippen LogP contribution in [0.2, 0.25) is 0 Å². The summed E-state index contributed by atoms with van der Waals surface area (Å²) in [7, 11) is 1.35. The predicted octanol–water partition coefficient (Wildman–Crippen LogP) is 0.725. The largest absolute Gasteiger partial charge is 0.352 e. The molecule has 1 heterocycles. The highest BCUT2D eigenvalue weighted by atomic mass is 35.7. The van der Waals surface area contributed by atoms with Crippen molar-refractivity contribution in [1.82, 2.24) is 15.1 Å². The summed E-state index contributed by atoms with van der Waals surface area (Å²) >= 11 is 0. The zero-order chi connectivity index (χ0) is 13.1. The maximum absolute atomic E-state index is 11.5. The van der Waals surface area contributed by atoms with Crippen molar-refractivity contribution >= 4 is 25.6 Å². The first-order valence-corrected chi connectivity index (χ1v) is 7.40. The monoisotopic (exact) mass is 279 g/mol. The smallest absolute Gasteiger partial charge is 0.264 e. The van der Waals surface area contributed by atoms with E-state index in [9.17, 15) is 13.2 Å². The van der Waals surface area contributed by atoms with E-state index in [0.717, 1.165) is 12.6 Å². The lowest BCUT2D eigenvalue weighted by Crippen LogP contribution is -2.34. The van der Waals surface area contributed by atoms with Gasteiger partial charge in [0.2, 0.25) is 5.91 Å². The molecular formula is C9H14ClN3O3S. The van der Waals surface area contributed by atoms with Crippen LogP contribution in [0.25, 0.3) is 0 Å². The van der Waals surface area contributed by atoms with E-state index in [1.54, 1.807) is 0 Å². The highest BCUT2D eigenvalue weighted by Gasteiger charge is 2.14. The zero-order valence-corrected chi connectivity index (χ0v) is 11.1. The predicted molar refractivity (Wildman–Crippen MR) is 63.2 cm³/mol. The van der Waals surface area contributed by atoms with Crippen LogP contribution in [0, 0.1) is 0 Å². The van der Waals surface area contributed by atoms with Crippen LogP contribution in [-0.2, 0) is 20.4 Å². The summed E-state index contributed by atoms with van der Waals surface area (Å²) in [5, 5.41) is 6.49. The summed E-state index contributed by atoms with van der Waals surface area (Å²) in [5.74, 6) is -0.221. The minimum absolute atomic E-state index is 0.0310. The minimum atomic E-state index is -3.79. The Hall–Kier alpha value is -1.08. The average Bonchev–Trinajstić information content (AvgIpc) is 2.65. The molecule has 0 saturated carbocycles. The molecule has 1 amide bonds. The van der Waals surface area contributed by atoms with Gasteiger partial charge in [-0.3, -0.25) is 9.48 Å². The Labute approximate surface area is 104 Å². The number of carbonyl (C=O) groups excluding carboxylic acids is 1. The number of rotatable bonds is 5. The average molecular weight is 280 g/mol. The molecule has 1 N–H and O–H groups in total. The van der Waals surface area contributed by atoms with E-state index < -0.39 is 9.05 Å². The fraction of sp³-hybridized carbons (Fsp3) is 0.556. The van der Waals surface area contributed by atoms with Crippen LogP contribution in [-0.4, -0.2) is 30.1 Å². The molecule has 0 aromatic carbocycles. The molecule has 0 aliphatic carbocycles. The fourth-order valence-corrected chi connectivity index (χ4v) is 1.79. The highest BCUT2D eigenvalue weighted by molar-refractivity contribution is 8.13. The molecule has 0 aliphatic rings. The molecular weight excluding hydrogens is 266 g/mol. The van der Waals surface area contributed by atoms with Crippen LogP contribution < -0.4 is 5.32 Å². The number of carbonyl (C=O) groups is 1. The van der Waals surface area contributed by atoms with Crippen LogP contribution in [0.3, 0.4) is 0 Å². The molecule has 0 aliphatic heterocycles. The Kier molecular flexibility index (Phi) is 4.53. The molecule has 0 saturated heterocycles. The lowest BCUT2D eigenvalue weighted by atomic mass is 10.2. The molecule has 1 aromatic heterocycles. The number of nitrogens with zero attached hydrogens (tertiary/aromatic N) is 2. The van der Waals surface area contributed by atoms with E-state index in [1.807, 2.05) is 13.8 Å². The first-order valence-electron chi connectivity index (χ1n) is 5.09. The van der Waals surface area contributed by atoms with E-state index in [1.165, 1.54) is 10.9 Å². The number of halogens is 1. The molecule has 1 atom stereocenters. The van der Waals surface area contributed by atoms with E-state index in [0.29, 0.717) is 0 Å². The lowest BCUT2D eigenvalue weighted by molar-refractivity contribution is -0.122. The van der Waals surface area contributed by atoms with Gasteiger partial charge in [-0.05, 0) is 13.3 Å². The Morgan fingerprint density at radius 2 is 2.29 bits per heavy atom. The maximum atomic E-state index is 11.5. The topological polar surface area (TPSA) is 81.1 Å². The summed E-state index contributed by atoms with van der Waals surface area (Å²) in [6.07, 6.45) is 3.16. The van der Waals surface area contributed by atoms with Crippen LogP contribution in [0.1, 0.15) is 20.3 Å². The van der Waals surface area contributed by atoms with Gasteiger partial charge >= 0.3 is 0 Å². The quantitative estimate of drug-likeness (QED) is 0.806. The first-order chi connectivity index (χ1) is 7.82. The summed E-state index contributed by atoms with van der Waals surface area (Å²) in [4.78, 5) is 11.4. The van der Waals surface area contributed by atoms with Crippen LogP contribution in [0.5, 0.6) is 0 Å². The molecule has 17 heavy (non-hydrogen) atoms. The molecule has 0 radical (unpaired) electrons. The minimum Gasteiger partial charge on any atom is -0.352 e. The second-order valence-electron chi connectivity index (χ2n) is 3.69. The van der Waals surface area contributed by atoms with Crippen molar-refractivity contribution in [3.63, 3.8) is 0 Å². The van der Waals surface area contributed by atoms with Gasteiger partial charge < -0.3 is 5.32 Å². The van der Waals surface area contributed by atoms with Gasteiger partial charge in [-0.15, -0.1) is 0 Å². The molecule has 0 spiro atoms. The molecule has 96 valence electrons. The molecule has 1 unspecified atom stereocenters. The Morgan fingerprint density at radius 1 is 1.65 bits per heavy atom. The number of nitrogens with one attached hydrogen (secondary N) is 1. The molecule has 0 fully saturated rings. The van der Waals surface area contributed by atoms with Crippen LogP contribution >= 0.6 is 10.7 Å². The Balaban J connectivity index is 2.64. The highest BCUT2D eigenvalue weighted by Crippen LogP contribution is 2.12. The van der Waals surface area contributed by atoms with Gasteiger partial charge in [-0.25, -0.2) is 8.42 Å². The van der Waals surface area contributed by atoms with Crippen molar-refractivity contribution in [3.8, 4) is 0 Å². The van der Waals surface area contributed by atoms with Crippen molar-refractivity contribution in [2.75, 3.05) is 0 Å². The maximum Gasteiger partial charge on any atom is 0.264 e. The summed E-state index contributed by atoms with van der Waals surface area (Å²) < 4.78 is 23.2. The number of aromatic nitrogens is 2. The third-order valence-corrected chi connectivity index (χ3v) is 3.52. The summed E-state index contributed by atoms with van der Waals surface area (Å²) in [6, 6.07) is 0.0780. The van der Waals surface area contributed by atoms with Crippen molar-refractivity contribution < 1.29 is 13.2 Å². The zero-order valence-electron chi connectivity index (χ0n) is 9.55. The standard InChI is InChI=1S/C9H14ClN3O3S/c1-3-7(2)12-9(14)6-13-5-8(4-11-13)17(10,15)16/h4-5,7H,3,6H2,1-2H3,(H,12,14). The Morgan fingerprint density at radius 3 is 2.76 bits per heavy atom. The second kappa shape index (κ2) is 5.50. The van der Waals surface area contributed by atoms with Gasteiger partial charge in [0, 0.05) is 22.9 Å². The van der Waals surface area contributed by atoms with Gasteiger partial charge in [0.25, 0.3) is 9.05 Å². The van der Waals surface area contributed by atoms with Crippen molar-refractivity contribution in [2.24, 2.45) is 0 Å². The second-order valence-corrected chi connectivity index (χ2v) is 6.25. The lowest BCUT2D eigenvalue weighted by Gasteiger charge is -2.10. The van der Waals surface area contributed by atoms with Gasteiger partial charge in [-0.1, -0.05) is 6.92 Å². The van der Waals surface area contributed by atoms with Gasteiger partial charge in [0.15, 0.2) is 0 Å². The van der Waals surface area contributed by atoms with Crippen molar-refractivity contribution in [2.45, 2.75) is 37.8 Å². The van der Waals surface area contributed by atoms with E-state index in [2.05, 4.69) is 10.4 Å². The normalized spacial score (nSPS) is 13.4. The van der Waals surface area contributed by atoms with Gasteiger partial charge in [0.05, 0.1) is 6.20 Å². The van der Waals surface area contributed by atoms with Crippen molar-refractivity contribution in [3.05, 3.63) is 12.4 Å².